The first-order chi connectivity index (χ1) is 17.5. The number of nitrogens with one attached hydrogen (secondary N) is 1. The number of fused-ring (bicyclic) bond motifs is 1. The minimum absolute atomic E-state index is 0.114. The molecule has 5 aliphatic heterocycles. The number of likely N-dealkylation sites (tertiary alicyclic amines) is 1. The van der Waals surface area contributed by atoms with Crippen LogP contribution < -0.4 is 10.2 Å². The van der Waals surface area contributed by atoms with Crippen LogP contribution in [-0.4, -0.2) is 95.7 Å². The summed E-state index contributed by atoms with van der Waals surface area (Å²) in [7, 11) is 2.13. The molecule has 0 bridgehead atoms. The Bertz CT molecular complexity index is 1000. The van der Waals surface area contributed by atoms with E-state index < -0.39 is 0 Å². The van der Waals surface area contributed by atoms with Gasteiger partial charge in [-0.15, -0.1) is 5.10 Å². The number of carbonyl (C=O) groups is 1. The highest BCUT2D eigenvalue weighted by atomic mass is 32.2. The van der Waals surface area contributed by atoms with E-state index in [0.29, 0.717) is 5.91 Å². The Morgan fingerprint density at radius 1 is 0.917 bits per heavy atom. The standard InChI is InChI=1S/C27H39N7OS/c1-20-7-11-31(12-8-20)23-5-3-21(4-6-23)24-19-34-26(28-24)36-27(29-34)33-13-9-22(10-14-33)25(35)32-17-15-30(2)16-18-32/h3-6,19-20,22,26,28H,7-18H2,1-2H3. The Morgan fingerprint density at radius 2 is 1.58 bits per heavy atom. The van der Waals surface area contributed by atoms with Gasteiger partial charge in [-0.2, -0.15) is 0 Å². The molecule has 1 atom stereocenters. The van der Waals surface area contributed by atoms with E-state index in [-0.39, 0.29) is 11.4 Å². The highest BCUT2D eigenvalue weighted by Crippen LogP contribution is 2.36. The number of hydrogen-bond donors (Lipinski definition) is 1. The molecule has 194 valence electrons. The lowest BCUT2D eigenvalue weighted by Gasteiger charge is -2.37. The quantitative estimate of drug-likeness (QED) is 0.672. The lowest BCUT2D eigenvalue weighted by atomic mass is 9.95. The Balaban J connectivity index is 1.02. The van der Waals surface area contributed by atoms with Crippen LogP contribution in [0, 0.1) is 11.8 Å². The molecule has 36 heavy (non-hydrogen) atoms. The molecular weight excluding hydrogens is 470 g/mol. The summed E-state index contributed by atoms with van der Waals surface area (Å²) in [6.45, 7) is 10.2. The summed E-state index contributed by atoms with van der Waals surface area (Å²) in [6, 6.07) is 8.97. The van der Waals surface area contributed by atoms with Crippen LogP contribution in [0.2, 0.25) is 0 Å². The molecule has 0 saturated carbocycles. The minimum atomic E-state index is 0.114. The van der Waals surface area contributed by atoms with E-state index in [0.717, 1.165) is 82.0 Å². The topological polar surface area (TPSA) is 57.7 Å². The second kappa shape index (κ2) is 10.2. The Labute approximate surface area is 219 Å². The summed E-state index contributed by atoms with van der Waals surface area (Å²) in [5.41, 5.74) is 3.78. The fraction of sp³-hybridized carbons (Fsp3) is 0.630. The van der Waals surface area contributed by atoms with Crippen LogP contribution in [0.1, 0.15) is 38.2 Å². The van der Waals surface area contributed by atoms with E-state index in [1.807, 2.05) is 0 Å². The summed E-state index contributed by atoms with van der Waals surface area (Å²) in [5, 5.41) is 11.7. The summed E-state index contributed by atoms with van der Waals surface area (Å²) in [6.07, 6.45) is 6.55. The molecule has 1 unspecified atom stereocenters. The van der Waals surface area contributed by atoms with Crippen molar-refractivity contribution in [1.29, 1.82) is 0 Å². The van der Waals surface area contributed by atoms with Crippen LogP contribution in [0.15, 0.2) is 35.6 Å². The van der Waals surface area contributed by atoms with Crippen molar-refractivity contribution in [3.05, 3.63) is 36.0 Å². The number of benzene rings is 1. The molecule has 0 aromatic heterocycles. The Kier molecular flexibility index (Phi) is 6.77. The number of hydrazone groups is 1. The van der Waals surface area contributed by atoms with Crippen molar-refractivity contribution >= 4 is 34.2 Å². The second-order valence-electron chi connectivity index (χ2n) is 11.0. The van der Waals surface area contributed by atoms with Crippen LogP contribution in [0.4, 0.5) is 5.69 Å². The van der Waals surface area contributed by atoms with Gasteiger partial charge in [-0.1, -0.05) is 19.1 Å². The van der Waals surface area contributed by atoms with Crippen molar-refractivity contribution in [2.24, 2.45) is 16.9 Å². The number of thioether (sulfide) groups is 1. The molecule has 1 aromatic rings. The molecule has 0 aliphatic carbocycles. The summed E-state index contributed by atoms with van der Waals surface area (Å²) in [4.78, 5) is 22.2. The molecule has 1 amide bonds. The first-order valence-corrected chi connectivity index (χ1v) is 14.5. The maximum absolute atomic E-state index is 13.0. The van der Waals surface area contributed by atoms with Crippen molar-refractivity contribution in [3.63, 3.8) is 0 Å². The first kappa shape index (κ1) is 24.0. The highest BCUT2D eigenvalue weighted by Gasteiger charge is 2.37. The lowest BCUT2D eigenvalue weighted by Crippen LogP contribution is -2.50. The number of rotatable bonds is 3. The van der Waals surface area contributed by atoms with Crippen molar-refractivity contribution in [3.8, 4) is 0 Å². The molecule has 3 saturated heterocycles. The van der Waals surface area contributed by atoms with Crippen LogP contribution >= 0.6 is 11.8 Å². The number of piperidine rings is 2. The van der Waals surface area contributed by atoms with Gasteiger partial charge in [0.05, 0.1) is 11.9 Å². The summed E-state index contributed by atoms with van der Waals surface area (Å²) < 4.78 is 0. The van der Waals surface area contributed by atoms with Crippen LogP contribution in [0.3, 0.4) is 0 Å². The molecule has 6 rings (SSSR count). The minimum Gasteiger partial charge on any atom is -0.372 e. The van der Waals surface area contributed by atoms with E-state index in [4.69, 9.17) is 5.10 Å². The van der Waals surface area contributed by atoms with Gasteiger partial charge in [0.15, 0.2) is 10.7 Å². The van der Waals surface area contributed by atoms with Gasteiger partial charge in [-0.25, -0.2) is 5.01 Å². The second-order valence-corrected chi connectivity index (χ2v) is 12.1. The van der Waals surface area contributed by atoms with Gasteiger partial charge in [-0.05, 0) is 68.1 Å². The Hall–Kier alpha value is -2.39. The Morgan fingerprint density at radius 3 is 2.25 bits per heavy atom. The maximum Gasteiger partial charge on any atom is 0.225 e. The van der Waals surface area contributed by atoms with Crippen LogP contribution in [0.5, 0.6) is 0 Å². The number of anilines is 1. The highest BCUT2D eigenvalue weighted by molar-refractivity contribution is 8.14. The molecule has 9 heteroatoms. The van der Waals surface area contributed by atoms with E-state index in [2.05, 4.69) is 74.4 Å². The van der Waals surface area contributed by atoms with E-state index >= 15 is 0 Å². The van der Waals surface area contributed by atoms with Crippen molar-refractivity contribution in [2.75, 3.05) is 64.3 Å². The molecule has 1 N–H and O–H groups in total. The van der Waals surface area contributed by atoms with Gasteiger partial charge in [0.25, 0.3) is 0 Å². The van der Waals surface area contributed by atoms with Gasteiger partial charge in [-0.3, -0.25) is 4.79 Å². The zero-order valence-electron chi connectivity index (χ0n) is 21.6. The van der Waals surface area contributed by atoms with Crippen LogP contribution in [0.25, 0.3) is 5.70 Å². The predicted molar refractivity (Wildman–Crippen MR) is 147 cm³/mol. The average molecular weight is 510 g/mol. The fourth-order valence-electron chi connectivity index (χ4n) is 5.84. The summed E-state index contributed by atoms with van der Waals surface area (Å²) >= 11 is 1.78. The molecule has 1 aromatic carbocycles. The third-order valence-electron chi connectivity index (χ3n) is 8.46. The average Bonchev–Trinajstić information content (AvgIpc) is 3.49. The number of amidine groups is 1. The number of amides is 1. The SMILES string of the molecule is CC1CCN(c2ccc(C3=CN4N=C(N5CCC(C(=O)N6CCN(C)CC6)CC5)SC4N3)cc2)CC1. The summed E-state index contributed by atoms with van der Waals surface area (Å²) in [5.74, 6) is 1.37. The number of carbonyl (C=O) groups excluding carboxylic acids is 1. The van der Waals surface area contributed by atoms with E-state index in [1.54, 1.807) is 11.8 Å². The molecule has 3 fully saturated rings. The van der Waals surface area contributed by atoms with E-state index in [1.165, 1.54) is 24.1 Å². The van der Waals surface area contributed by atoms with Gasteiger partial charge in [0, 0.05) is 64.0 Å². The third-order valence-corrected chi connectivity index (χ3v) is 9.56. The largest absolute Gasteiger partial charge is 0.372 e. The number of nitrogens with zero attached hydrogens (tertiary/aromatic N) is 6. The normalized spacial score (nSPS) is 26.1. The zero-order valence-corrected chi connectivity index (χ0v) is 22.4. The van der Waals surface area contributed by atoms with Gasteiger partial charge in [0.1, 0.15) is 0 Å². The third kappa shape index (κ3) is 4.92. The van der Waals surface area contributed by atoms with Gasteiger partial charge >= 0.3 is 0 Å². The first-order valence-electron chi connectivity index (χ1n) is 13.6. The molecule has 5 heterocycles. The number of likely N-dealkylation sites (N-methyl/N-ethyl adjacent to an activating group) is 1. The van der Waals surface area contributed by atoms with E-state index in [9.17, 15) is 4.79 Å². The van der Waals surface area contributed by atoms with Crippen LogP contribution in [-0.2, 0) is 4.79 Å². The lowest BCUT2D eigenvalue weighted by molar-refractivity contribution is -0.138. The molecule has 0 radical (unpaired) electrons. The molecule has 0 spiro atoms. The number of hydrogen-bond acceptors (Lipinski definition) is 8. The molecular formula is C27H39N7OS. The monoisotopic (exact) mass is 509 g/mol. The number of piperazine rings is 1. The fourth-order valence-corrected chi connectivity index (χ4v) is 6.92. The van der Waals surface area contributed by atoms with Crippen molar-refractivity contribution < 1.29 is 4.79 Å². The predicted octanol–water partition coefficient (Wildman–Crippen LogP) is 2.91. The molecule has 8 nitrogen and oxygen atoms in total. The van der Waals surface area contributed by atoms with Gasteiger partial charge in [0.2, 0.25) is 5.91 Å². The smallest absolute Gasteiger partial charge is 0.225 e. The van der Waals surface area contributed by atoms with Gasteiger partial charge < -0.3 is 24.9 Å². The zero-order chi connectivity index (χ0) is 24.6. The maximum atomic E-state index is 13.0. The molecule has 5 aliphatic rings. The van der Waals surface area contributed by atoms with Crippen molar-refractivity contribution in [2.45, 2.75) is 38.1 Å². The van der Waals surface area contributed by atoms with Crippen molar-refractivity contribution in [1.82, 2.24) is 25.0 Å².